The quantitative estimate of drug-likeness (QED) is 0.823. The van der Waals surface area contributed by atoms with Crippen molar-refractivity contribution in [1.29, 1.82) is 0 Å². The van der Waals surface area contributed by atoms with Crippen LogP contribution >= 0.6 is 22.9 Å². The fourth-order valence-electron chi connectivity index (χ4n) is 2.75. The van der Waals surface area contributed by atoms with Gasteiger partial charge in [0.2, 0.25) is 0 Å². The van der Waals surface area contributed by atoms with Gasteiger partial charge in [-0.3, -0.25) is 0 Å². The predicted octanol–water partition coefficient (Wildman–Crippen LogP) is 4.88. The SMILES string of the molecule is CC1CCCC(CNC(C)c2ccc(Cl)s2)C1. The molecule has 0 aliphatic heterocycles. The standard InChI is InChI=1S/C14H22ClNS/c1-10-4-3-5-12(8-10)9-16-11(2)13-6-7-14(15)17-13/h6-7,10-12,16H,3-5,8-9H2,1-2H3. The maximum atomic E-state index is 5.96. The van der Waals surface area contributed by atoms with E-state index in [9.17, 15) is 0 Å². The Balaban J connectivity index is 1.77. The van der Waals surface area contributed by atoms with E-state index in [1.807, 2.05) is 6.07 Å². The smallest absolute Gasteiger partial charge is 0.0931 e. The third-order valence-corrected chi connectivity index (χ3v) is 5.19. The third-order valence-electron chi connectivity index (χ3n) is 3.78. The number of rotatable bonds is 4. The lowest BCUT2D eigenvalue weighted by atomic mass is 9.82. The molecule has 2 rings (SSSR count). The van der Waals surface area contributed by atoms with E-state index >= 15 is 0 Å². The van der Waals surface area contributed by atoms with E-state index in [1.165, 1.54) is 30.6 Å². The van der Waals surface area contributed by atoms with E-state index in [1.54, 1.807) is 11.3 Å². The Morgan fingerprint density at radius 3 is 2.94 bits per heavy atom. The van der Waals surface area contributed by atoms with E-state index in [0.717, 1.165) is 22.7 Å². The highest BCUT2D eigenvalue weighted by Crippen LogP contribution is 2.30. The van der Waals surface area contributed by atoms with Crippen LogP contribution < -0.4 is 5.32 Å². The van der Waals surface area contributed by atoms with Gasteiger partial charge in [-0.15, -0.1) is 11.3 Å². The molecular weight excluding hydrogens is 250 g/mol. The fourth-order valence-corrected chi connectivity index (χ4v) is 3.84. The molecule has 1 aliphatic rings. The summed E-state index contributed by atoms with van der Waals surface area (Å²) in [6.45, 7) is 5.77. The molecule has 3 heteroatoms. The summed E-state index contributed by atoms with van der Waals surface area (Å²) >= 11 is 7.65. The molecule has 17 heavy (non-hydrogen) atoms. The minimum Gasteiger partial charge on any atom is -0.309 e. The molecule has 1 aromatic rings. The van der Waals surface area contributed by atoms with Gasteiger partial charge in [0.15, 0.2) is 0 Å². The topological polar surface area (TPSA) is 12.0 Å². The van der Waals surface area contributed by atoms with Crippen molar-refractivity contribution >= 4 is 22.9 Å². The van der Waals surface area contributed by atoms with Crippen LogP contribution in [-0.4, -0.2) is 6.54 Å². The van der Waals surface area contributed by atoms with Gasteiger partial charge in [-0.05, 0) is 50.3 Å². The first-order valence-corrected chi connectivity index (χ1v) is 7.83. The van der Waals surface area contributed by atoms with Gasteiger partial charge >= 0.3 is 0 Å². The van der Waals surface area contributed by atoms with Gasteiger partial charge in [-0.1, -0.05) is 31.4 Å². The number of nitrogens with one attached hydrogen (secondary N) is 1. The molecule has 1 nitrogen and oxygen atoms in total. The van der Waals surface area contributed by atoms with Crippen LogP contribution in [0.5, 0.6) is 0 Å². The monoisotopic (exact) mass is 271 g/mol. The summed E-state index contributed by atoms with van der Waals surface area (Å²) < 4.78 is 0.889. The van der Waals surface area contributed by atoms with E-state index in [-0.39, 0.29) is 0 Å². The van der Waals surface area contributed by atoms with Crippen LogP contribution in [0.1, 0.15) is 50.4 Å². The Labute approximate surface area is 114 Å². The fraction of sp³-hybridized carbons (Fsp3) is 0.714. The van der Waals surface area contributed by atoms with Crippen molar-refractivity contribution in [2.24, 2.45) is 11.8 Å². The van der Waals surface area contributed by atoms with Gasteiger partial charge in [0.05, 0.1) is 4.34 Å². The minimum absolute atomic E-state index is 0.435. The molecule has 0 amide bonds. The highest BCUT2D eigenvalue weighted by molar-refractivity contribution is 7.16. The second-order valence-corrected chi connectivity index (χ2v) is 7.16. The Hall–Kier alpha value is -0.0500. The summed E-state index contributed by atoms with van der Waals surface area (Å²) in [5, 5.41) is 3.65. The number of halogens is 1. The first-order valence-electron chi connectivity index (χ1n) is 6.63. The molecule has 1 fully saturated rings. The van der Waals surface area contributed by atoms with Crippen LogP contribution in [0.15, 0.2) is 12.1 Å². The molecule has 0 radical (unpaired) electrons. The molecular formula is C14H22ClNS. The largest absolute Gasteiger partial charge is 0.309 e. The van der Waals surface area contributed by atoms with Crippen molar-refractivity contribution in [3.8, 4) is 0 Å². The molecule has 3 unspecified atom stereocenters. The zero-order valence-electron chi connectivity index (χ0n) is 10.7. The summed E-state index contributed by atoms with van der Waals surface area (Å²) in [5.74, 6) is 1.79. The van der Waals surface area contributed by atoms with Gasteiger partial charge in [0.25, 0.3) is 0 Å². The van der Waals surface area contributed by atoms with Gasteiger partial charge in [0, 0.05) is 10.9 Å². The van der Waals surface area contributed by atoms with E-state index < -0.39 is 0 Å². The molecule has 0 spiro atoms. The summed E-state index contributed by atoms with van der Waals surface area (Å²) in [6, 6.07) is 4.56. The first-order chi connectivity index (χ1) is 8.15. The maximum Gasteiger partial charge on any atom is 0.0931 e. The zero-order chi connectivity index (χ0) is 12.3. The van der Waals surface area contributed by atoms with Crippen LogP contribution in [0.3, 0.4) is 0 Å². The van der Waals surface area contributed by atoms with Gasteiger partial charge in [-0.2, -0.15) is 0 Å². The zero-order valence-corrected chi connectivity index (χ0v) is 12.3. The van der Waals surface area contributed by atoms with E-state index in [0.29, 0.717) is 6.04 Å². The Morgan fingerprint density at radius 1 is 1.47 bits per heavy atom. The molecule has 1 saturated carbocycles. The molecule has 0 aromatic carbocycles. The van der Waals surface area contributed by atoms with Crippen LogP contribution in [0.25, 0.3) is 0 Å². The van der Waals surface area contributed by atoms with E-state index in [2.05, 4.69) is 25.2 Å². The van der Waals surface area contributed by atoms with Crippen LogP contribution in [-0.2, 0) is 0 Å². The summed E-state index contributed by atoms with van der Waals surface area (Å²) in [5.41, 5.74) is 0. The Morgan fingerprint density at radius 2 is 2.29 bits per heavy atom. The summed E-state index contributed by atoms with van der Waals surface area (Å²) in [4.78, 5) is 1.35. The second-order valence-electron chi connectivity index (χ2n) is 5.41. The Bertz CT molecular complexity index is 350. The molecule has 1 aliphatic carbocycles. The van der Waals surface area contributed by atoms with Crippen molar-refractivity contribution in [2.75, 3.05) is 6.54 Å². The second kappa shape index (κ2) is 6.21. The highest BCUT2D eigenvalue weighted by Gasteiger charge is 2.19. The molecule has 96 valence electrons. The summed E-state index contributed by atoms with van der Waals surface area (Å²) in [6.07, 6.45) is 5.62. The van der Waals surface area contributed by atoms with Gasteiger partial charge in [-0.25, -0.2) is 0 Å². The van der Waals surface area contributed by atoms with Crippen LogP contribution in [0, 0.1) is 11.8 Å². The molecule has 3 atom stereocenters. The minimum atomic E-state index is 0.435. The lowest BCUT2D eigenvalue weighted by Gasteiger charge is -2.28. The molecule has 0 saturated heterocycles. The number of hydrogen-bond acceptors (Lipinski definition) is 2. The molecule has 1 heterocycles. The van der Waals surface area contributed by atoms with Crippen molar-refractivity contribution < 1.29 is 0 Å². The predicted molar refractivity (Wildman–Crippen MR) is 76.9 cm³/mol. The van der Waals surface area contributed by atoms with Crippen LogP contribution in [0.2, 0.25) is 4.34 Å². The van der Waals surface area contributed by atoms with Gasteiger partial charge in [0.1, 0.15) is 0 Å². The van der Waals surface area contributed by atoms with Crippen molar-refractivity contribution in [2.45, 2.75) is 45.6 Å². The molecule has 0 bridgehead atoms. The average Bonchev–Trinajstić information content (AvgIpc) is 2.73. The first kappa shape index (κ1) is 13.4. The lowest BCUT2D eigenvalue weighted by molar-refractivity contribution is 0.269. The average molecular weight is 272 g/mol. The maximum absolute atomic E-state index is 5.96. The van der Waals surface area contributed by atoms with Crippen molar-refractivity contribution in [3.05, 3.63) is 21.3 Å². The lowest BCUT2D eigenvalue weighted by Crippen LogP contribution is -2.28. The normalized spacial score (nSPS) is 27.0. The number of thiophene rings is 1. The van der Waals surface area contributed by atoms with Crippen molar-refractivity contribution in [3.63, 3.8) is 0 Å². The third kappa shape index (κ3) is 3.97. The van der Waals surface area contributed by atoms with Crippen LogP contribution in [0.4, 0.5) is 0 Å². The summed E-state index contributed by atoms with van der Waals surface area (Å²) in [7, 11) is 0. The van der Waals surface area contributed by atoms with E-state index in [4.69, 9.17) is 11.6 Å². The van der Waals surface area contributed by atoms with Crippen molar-refractivity contribution in [1.82, 2.24) is 5.32 Å². The highest BCUT2D eigenvalue weighted by atomic mass is 35.5. The molecule has 1 aromatic heterocycles. The van der Waals surface area contributed by atoms with Gasteiger partial charge < -0.3 is 5.32 Å². The Kier molecular flexibility index (Phi) is 4.89. The molecule has 1 N–H and O–H groups in total. The number of hydrogen-bond donors (Lipinski definition) is 1.